The van der Waals surface area contributed by atoms with E-state index < -0.39 is 0 Å². The van der Waals surface area contributed by atoms with Crippen LogP contribution in [0.3, 0.4) is 0 Å². The van der Waals surface area contributed by atoms with Gasteiger partial charge in [-0.1, -0.05) is 17.0 Å². The summed E-state index contributed by atoms with van der Waals surface area (Å²) in [5, 5.41) is 17.1. The number of rotatable bonds is 3. The van der Waals surface area contributed by atoms with Crippen molar-refractivity contribution in [2.75, 3.05) is 6.61 Å². The first-order valence-electron chi connectivity index (χ1n) is 6.00. The predicted octanol–water partition coefficient (Wildman–Crippen LogP) is 1.63. The van der Waals surface area contributed by atoms with Crippen LogP contribution in [0.1, 0.15) is 32.3 Å². The molecule has 1 amide bonds. The van der Waals surface area contributed by atoms with Crippen molar-refractivity contribution in [3.8, 4) is 11.8 Å². The van der Waals surface area contributed by atoms with Crippen LogP contribution in [0, 0.1) is 25.7 Å². The molecule has 104 valence electrons. The third-order valence-electron chi connectivity index (χ3n) is 2.65. The van der Waals surface area contributed by atoms with E-state index in [-0.39, 0.29) is 12.5 Å². The second kappa shape index (κ2) is 6.37. The minimum absolute atomic E-state index is 0.159. The summed E-state index contributed by atoms with van der Waals surface area (Å²) >= 11 is 1.51. The Kier molecular flexibility index (Phi) is 4.56. The van der Waals surface area contributed by atoms with Crippen molar-refractivity contribution in [2.45, 2.75) is 20.4 Å². The van der Waals surface area contributed by atoms with E-state index in [1.807, 2.05) is 11.4 Å². The lowest BCUT2D eigenvalue weighted by Crippen LogP contribution is -2.23. The molecule has 0 spiro atoms. The Hall–Kier alpha value is -2.10. The van der Waals surface area contributed by atoms with Crippen molar-refractivity contribution in [1.29, 1.82) is 0 Å². The summed E-state index contributed by atoms with van der Waals surface area (Å²) in [7, 11) is 0. The number of amides is 1. The van der Waals surface area contributed by atoms with Gasteiger partial charge in [0.15, 0.2) is 0 Å². The molecule has 0 saturated heterocycles. The smallest absolute Gasteiger partial charge is 0.257 e. The number of carbonyl (C=O) groups excluding carboxylic acids is 1. The van der Waals surface area contributed by atoms with Crippen LogP contribution in [0.25, 0.3) is 0 Å². The SMILES string of the molecule is Cc1noc(C)c1C(=O)NCc1cc(C#CCO)cs1. The highest BCUT2D eigenvalue weighted by Crippen LogP contribution is 2.15. The van der Waals surface area contributed by atoms with Crippen molar-refractivity contribution >= 4 is 17.2 Å². The van der Waals surface area contributed by atoms with Crippen molar-refractivity contribution in [1.82, 2.24) is 10.5 Å². The molecule has 0 aliphatic heterocycles. The minimum atomic E-state index is -0.197. The maximum Gasteiger partial charge on any atom is 0.257 e. The maximum absolute atomic E-state index is 12.0. The Morgan fingerprint density at radius 2 is 2.35 bits per heavy atom. The molecule has 5 nitrogen and oxygen atoms in total. The number of aliphatic hydroxyl groups is 1. The van der Waals surface area contributed by atoms with Crippen molar-refractivity contribution in [2.24, 2.45) is 0 Å². The van der Waals surface area contributed by atoms with Gasteiger partial charge in [-0.15, -0.1) is 11.3 Å². The number of carbonyl (C=O) groups is 1. The summed E-state index contributed by atoms with van der Waals surface area (Å²) in [6.45, 7) is 3.71. The first kappa shape index (κ1) is 14.3. The number of aromatic nitrogens is 1. The van der Waals surface area contributed by atoms with E-state index in [1.54, 1.807) is 13.8 Å². The largest absolute Gasteiger partial charge is 0.384 e. The van der Waals surface area contributed by atoms with Crippen LogP contribution < -0.4 is 5.32 Å². The predicted molar refractivity (Wildman–Crippen MR) is 75.4 cm³/mol. The van der Waals surface area contributed by atoms with Gasteiger partial charge in [-0.25, -0.2) is 0 Å². The molecular formula is C14H14N2O3S. The molecule has 0 aromatic carbocycles. The molecular weight excluding hydrogens is 276 g/mol. The zero-order valence-corrected chi connectivity index (χ0v) is 12.0. The zero-order valence-electron chi connectivity index (χ0n) is 11.2. The Morgan fingerprint density at radius 1 is 1.55 bits per heavy atom. The highest BCUT2D eigenvalue weighted by molar-refractivity contribution is 7.10. The molecule has 0 bridgehead atoms. The van der Waals surface area contributed by atoms with Gasteiger partial charge in [0, 0.05) is 15.8 Å². The maximum atomic E-state index is 12.0. The summed E-state index contributed by atoms with van der Waals surface area (Å²) < 4.78 is 4.97. The van der Waals surface area contributed by atoms with E-state index in [1.165, 1.54) is 11.3 Å². The number of thiophene rings is 1. The van der Waals surface area contributed by atoms with Gasteiger partial charge in [0.25, 0.3) is 5.91 Å². The molecule has 0 aliphatic carbocycles. The number of nitrogens with one attached hydrogen (secondary N) is 1. The van der Waals surface area contributed by atoms with Crippen LogP contribution >= 0.6 is 11.3 Å². The molecule has 0 aliphatic rings. The summed E-state index contributed by atoms with van der Waals surface area (Å²) in [6, 6.07) is 1.89. The molecule has 0 saturated carbocycles. The van der Waals surface area contributed by atoms with Crippen LogP contribution in [0.4, 0.5) is 0 Å². The lowest BCUT2D eigenvalue weighted by atomic mass is 10.2. The number of aryl methyl sites for hydroxylation is 2. The molecule has 2 N–H and O–H groups in total. The number of aliphatic hydroxyl groups excluding tert-OH is 1. The summed E-state index contributed by atoms with van der Waals surface area (Å²) in [5.74, 6) is 5.72. The first-order valence-corrected chi connectivity index (χ1v) is 6.88. The van der Waals surface area contributed by atoms with Gasteiger partial charge in [0.05, 0.1) is 12.2 Å². The molecule has 6 heteroatoms. The van der Waals surface area contributed by atoms with Crippen molar-refractivity contribution in [3.63, 3.8) is 0 Å². The van der Waals surface area contributed by atoms with E-state index >= 15 is 0 Å². The Labute approximate surface area is 120 Å². The van der Waals surface area contributed by atoms with Gasteiger partial charge in [0.2, 0.25) is 0 Å². The van der Waals surface area contributed by atoms with Crippen LogP contribution in [0.15, 0.2) is 16.0 Å². The molecule has 0 unspecified atom stereocenters. The average Bonchev–Trinajstić information content (AvgIpc) is 3.01. The van der Waals surface area contributed by atoms with Gasteiger partial charge in [-0.2, -0.15) is 0 Å². The monoisotopic (exact) mass is 290 g/mol. The van der Waals surface area contributed by atoms with E-state index in [4.69, 9.17) is 9.63 Å². The molecule has 2 rings (SSSR count). The molecule has 0 radical (unpaired) electrons. The Bertz CT molecular complexity index is 657. The van der Waals surface area contributed by atoms with Crippen molar-refractivity contribution < 1.29 is 14.4 Å². The lowest BCUT2D eigenvalue weighted by molar-refractivity contribution is 0.0949. The second-order valence-corrected chi connectivity index (χ2v) is 5.14. The van der Waals surface area contributed by atoms with Gasteiger partial charge in [-0.05, 0) is 19.9 Å². The van der Waals surface area contributed by atoms with Gasteiger partial charge >= 0.3 is 0 Å². The molecule has 2 heterocycles. The fourth-order valence-corrected chi connectivity index (χ4v) is 2.50. The van der Waals surface area contributed by atoms with Gasteiger partial charge < -0.3 is 14.9 Å². The fraction of sp³-hybridized carbons (Fsp3) is 0.286. The lowest BCUT2D eigenvalue weighted by Gasteiger charge is -2.02. The standard InChI is InChI=1S/C14H14N2O3S/c1-9-13(10(2)19-16-9)14(18)15-7-12-6-11(8-20-12)4-3-5-17/h6,8,17H,5,7H2,1-2H3,(H,15,18). The highest BCUT2D eigenvalue weighted by Gasteiger charge is 2.17. The fourth-order valence-electron chi connectivity index (χ4n) is 1.74. The third kappa shape index (κ3) is 3.26. The molecule has 0 fully saturated rings. The van der Waals surface area contributed by atoms with E-state index in [2.05, 4.69) is 22.3 Å². The minimum Gasteiger partial charge on any atom is -0.384 e. The van der Waals surface area contributed by atoms with Crippen LogP contribution in [0.2, 0.25) is 0 Å². The normalized spacial score (nSPS) is 9.95. The summed E-state index contributed by atoms with van der Waals surface area (Å²) in [4.78, 5) is 13.0. The zero-order chi connectivity index (χ0) is 14.5. The Morgan fingerprint density at radius 3 is 3.00 bits per heavy atom. The average molecular weight is 290 g/mol. The van der Waals surface area contributed by atoms with E-state index in [0.29, 0.717) is 23.6 Å². The number of hydrogen-bond donors (Lipinski definition) is 2. The second-order valence-electron chi connectivity index (χ2n) is 4.14. The van der Waals surface area contributed by atoms with Crippen LogP contribution in [-0.2, 0) is 6.54 Å². The first-order chi connectivity index (χ1) is 9.61. The Balaban J connectivity index is 1.99. The van der Waals surface area contributed by atoms with Gasteiger partial charge in [0.1, 0.15) is 17.9 Å². The molecule has 2 aromatic rings. The summed E-state index contributed by atoms with van der Waals surface area (Å²) in [5.41, 5.74) is 1.91. The van der Waals surface area contributed by atoms with E-state index in [0.717, 1.165) is 10.4 Å². The van der Waals surface area contributed by atoms with E-state index in [9.17, 15) is 4.79 Å². The quantitative estimate of drug-likeness (QED) is 0.842. The topological polar surface area (TPSA) is 75.4 Å². The molecule has 0 atom stereocenters. The summed E-state index contributed by atoms with van der Waals surface area (Å²) in [6.07, 6.45) is 0. The number of nitrogens with zero attached hydrogens (tertiary/aromatic N) is 1. The number of hydrogen-bond acceptors (Lipinski definition) is 5. The van der Waals surface area contributed by atoms with Crippen LogP contribution in [0.5, 0.6) is 0 Å². The van der Waals surface area contributed by atoms with Crippen molar-refractivity contribution in [3.05, 3.63) is 38.9 Å². The molecule has 2 aromatic heterocycles. The van der Waals surface area contributed by atoms with Gasteiger partial charge in [-0.3, -0.25) is 4.79 Å². The molecule has 20 heavy (non-hydrogen) atoms. The highest BCUT2D eigenvalue weighted by atomic mass is 32.1. The third-order valence-corrected chi connectivity index (χ3v) is 3.59. The van der Waals surface area contributed by atoms with Crippen LogP contribution in [-0.4, -0.2) is 22.8 Å².